The number of sulfonamides is 1. The summed E-state index contributed by atoms with van der Waals surface area (Å²) in [4.78, 5) is 0.258. The van der Waals surface area contributed by atoms with Gasteiger partial charge >= 0.3 is 0 Å². The fourth-order valence-electron chi connectivity index (χ4n) is 2.83. The van der Waals surface area contributed by atoms with Crippen LogP contribution in [0.3, 0.4) is 0 Å². The Morgan fingerprint density at radius 3 is 2.36 bits per heavy atom. The van der Waals surface area contributed by atoms with Crippen molar-refractivity contribution >= 4 is 31.7 Å². The number of hydrogen-bond donors (Lipinski definition) is 0. The van der Waals surface area contributed by atoms with Crippen molar-refractivity contribution in [1.29, 1.82) is 0 Å². The highest BCUT2D eigenvalue weighted by molar-refractivity contribution is 9.10. The van der Waals surface area contributed by atoms with E-state index in [1.807, 2.05) is 24.3 Å². The summed E-state index contributed by atoms with van der Waals surface area (Å²) in [5.41, 5.74) is 1.62. The van der Waals surface area contributed by atoms with Crippen molar-refractivity contribution in [3.05, 3.63) is 64.6 Å². The Hall–Kier alpha value is -1.66. The molecule has 2 aromatic carbocycles. The number of benzene rings is 2. The van der Waals surface area contributed by atoms with Crippen LogP contribution >= 0.6 is 15.9 Å². The first kappa shape index (κ1) is 18.1. The van der Waals surface area contributed by atoms with Gasteiger partial charge in [-0.2, -0.15) is 17.9 Å². The van der Waals surface area contributed by atoms with Gasteiger partial charge in [-0.05, 0) is 29.8 Å². The number of hydrazone groups is 1. The van der Waals surface area contributed by atoms with Crippen LogP contribution in [0.15, 0.2) is 69.1 Å². The first-order chi connectivity index (χ1) is 11.7. The SMILES string of the molecule is CC(C)(C)C1=NN(S(=O)(=O)c2ccccc2)[C@@H](c2cccc(Br)c2)C1. The molecule has 1 aliphatic heterocycles. The molecular weight excluding hydrogens is 400 g/mol. The maximum atomic E-state index is 13.2. The second-order valence-corrected chi connectivity index (χ2v) is 9.87. The van der Waals surface area contributed by atoms with Gasteiger partial charge in [-0.15, -0.1) is 0 Å². The lowest BCUT2D eigenvalue weighted by Gasteiger charge is -2.23. The first-order valence-corrected chi connectivity index (χ1v) is 10.4. The molecule has 0 saturated heterocycles. The van der Waals surface area contributed by atoms with E-state index in [-0.39, 0.29) is 16.4 Å². The molecule has 3 rings (SSSR count). The van der Waals surface area contributed by atoms with Crippen molar-refractivity contribution in [1.82, 2.24) is 4.41 Å². The highest BCUT2D eigenvalue weighted by Gasteiger charge is 2.40. The molecule has 0 N–H and O–H groups in total. The lowest BCUT2D eigenvalue weighted by atomic mass is 9.86. The van der Waals surface area contributed by atoms with Crippen LogP contribution in [0.25, 0.3) is 0 Å². The maximum absolute atomic E-state index is 13.2. The third-order valence-electron chi connectivity index (χ3n) is 4.26. The minimum Gasteiger partial charge on any atom is -0.200 e. The second-order valence-electron chi connectivity index (χ2n) is 7.16. The molecule has 1 heterocycles. The predicted octanol–water partition coefficient (Wildman–Crippen LogP) is 4.99. The normalized spacial score (nSPS) is 18.3. The molecular formula is C19H21BrN2O2S. The Balaban J connectivity index is 2.10. The van der Waals surface area contributed by atoms with Gasteiger partial charge in [0.15, 0.2) is 0 Å². The zero-order valence-corrected chi connectivity index (χ0v) is 16.9. The van der Waals surface area contributed by atoms with Gasteiger partial charge in [-0.1, -0.05) is 67.0 Å². The fourth-order valence-corrected chi connectivity index (χ4v) is 4.70. The van der Waals surface area contributed by atoms with Crippen LogP contribution in [0.4, 0.5) is 0 Å². The Labute approximate surface area is 157 Å². The lowest BCUT2D eigenvalue weighted by molar-refractivity contribution is 0.371. The molecule has 0 unspecified atom stereocenters. The van der Waals surface area contributed by atoms with Crippen LogP contribution in [-0.4, -0.2) is 18.5 Å². The molecule has 0 amide bonds. The van der Waals surface area contributed by atoms with E-state index in [1.165, 1.54) is 4.41 Å². The molecule has 0 fully saturated rings. The monoisotopic (exact) mass is 420 g/mol. The molecule has 25 heavy (non-hydrogen) atoms. The minimum atomic E-state index is -3.71. The molecule has 4 nitrogen and oxygen atoms in total. The molecule has 0 bridgehead atoms. The molecule has 0 aromatic heterocycles. The van der Waals surface area contributed by atoms with Crippen LogP contribution in [0.5, 0.6) is 0 Å². The summed E-state index contributed by atoms with van der Waals surface area (Å²) < 4.78 is 28.6. The summed E-state index contributed by atoms with van der Waals surface area (Å²) in [7, 11) is -3.71. The van der Waals surface area contributed by atoms with Crippen LogP contribution in [-0.2, 0) is 10.0 Å². The summed E-state index contributed by atoms with van der Waals surface area (Å²) in [6, 6.07) is 15.9. The summed E-state index contributed by atoms with van der Waals surface area (Å²) in [5, 5.41) is 4.54. The van der Waals surface area contributed by atoms with Gasteiger partial charge in [-0.25, -0.2) is 0 Å². The van der Waals surface area contributed by atoms with Crippen LogP contribution < -0.4 is 0 Å². The molecule has 132 valence electrons. The van der Waals surface area contributed by atoms with E-state index in [9.17, 15) is 8.42 Å². The Bertz CT molecular complexity index is 903. The molecule has 0 radical (unpaired) electrons. The van der Waals surface area contributed by atoms with Crippen molar-refractivity contribution < 1.29 is 8.42 Å². The van der Waals surface area contributed by atoms with E-state index in [0.29, 0.717) is 6.42 Å². The molecule has 0 aliphatic carbocycles. The van der Waals surface area contributed by atoms with Crippen molar-refractivity contribution in [3.8, 4) is 0 Å². The van der Waals surface area contributed by atoms with E-state index < -0.39 is 10.0 Å². The molecule has 1 atom stereocenters. The van der Waals surface area contributed by atoms with Crippen molar-refractivity contribution in [3.63, 3.8) is 0 Å². The Morgan fingerprint density at radius 2 is 1.76 bits per heavy atom. The van der Waals surface area contributed by atoms with Gasteiger partial charge in [-0.3, -0.25) is 0 Å². The van der Waals surface area contributed by atoms with E-state index in [0.717, 1.165) is 15.7 Å². The van der Waals surface area contributed by atoms with E-state index in [2.05, 4.69) is 41.8 Å². The first-order valence-electron chi connectivity index (χ1n) is 8.12. The van der Waals surface area contributed by atoms with Crippen LogP contribution in [0.1, 0.15) is 38.8 Å². The topological polar surface area (TPSA) is 49.7 Å². The Morgan fingerprint density at radius 1 is 1.08 bits per heavy atom. The van der Waals surface area contributed by atoms with Gasteiger partial charge in [0.05, 0.1) is 10.9 Å². The van der Waals surface area contributed by atoms with Crippen LogP contribution in [0, 0.1) is 5.41 Å². The largest absolute Gasteiger partial charge is 0.279 e. The van der Waals surface area contributed by atoms with Crippen molar-refractivity contribution in [2.75, 3.05) is 0 Å². The van der Waals surface area contributed by atoms with Crippen LogP contribution in [0.2, 0.25) is 0 Å². The van der Waals surface area contributed by atoms with E-state index in [4.69, 9.17) is 0 Å². The fraction of sp³-hybridized carbons (Fsp3) is 0.316. The summed E-state index contributed by atoms with van der Waals surface area (Å²) >= 11 is 3.47. The number of hydrogen-bond acceptors (Lipinski definition) is 3. The predicted molar refractivity (Wildman–Crippen MR) is 104 cm³/mol. The molecule has 6 heteroatoms. The Kier molecular flexibility index (Phi) is 4.77. The standard InChI is InChI=1S/C19H21BrN2O2S/c1-19(2,3)18-13-17(14-8-7-9-15(20)12-14)22(21-18)25(23,24)16-10-5-4-6-11-16/h4-12,17H,13H2,1-3H3/t17-/m1/s1. The lowest BCUT2D eigenvalue weighted by Crippen LogP contribution is -2.27. The van der Waals surface area contributed by atoms with Gasteiger partial charge in [0.2, 0.25) is 0 Å². The third-order valence-corrected chi connectivity index (χ3v) is 6.45. The molecule has 0 spiro atoms. The number of rotatable bonds is 3. The quantitative estimate of drug-likeness (QED) is 0.702. The number of halogens is 1. The molecule has 1 aliphatic rings. The van der Waals surface area contributed by atoms with E-state index in [1.54, 1.807) is 30.3 Å². The molecule has 0 saturated carbocycles. The molecule has 2 aromatic rings. The zero-order chi connectivity index (χ0) is 18.2. The average Bonchev–Trinajstić information content (AvgIpc) is 3.02. The van der Waals surface area contributed by atoms with E-state index >= 15 is 0 Å². The highest BCUT2D eigenvalue weighted by atomic mass is 79.9. The summed E-state index contributed by atoms with van der Waals surface area (Å²) in [5.74, 6) is 0. The summed E-state index contributed by atoms with van der Waals surface area (Å²) in [6.07, 6.45) is 0.589. The smallest absolute Gasteiger partial charge is 0.200 e. The average molecular weight is 421 g/mol. The zero-order valence-electron chi connectivity index (χ0n) is 14.5. The second kappa shape index (κ2) is 6.57. The van der Waals surface area contributed by atoms with Gasteiger partial charge in [0.1, 0.15) is 0 Å². The number of nitrogens with zero attached hydrogens (tertiary/aromatic N) is 2. The summed E-state index contributed by atoms with van der Waals surface area (Å²) in [6.45, 7) is 6.17. The van der Waals surface area contributed by atoms with Gasteiger partial charge in [0, 0.05) is 22.0 Å². The van der Waals surface area contributed by atoms with Crippen molar-refractivity contribution in [2.45, 2.75) is 38.1 Å². The third kappa shape index (κ3) is 3.65. The maximum Gasteiger partial charge on any atom is 0.279 e. The van der Waals surface area contributed by atoms with Gasteiger partial charge < -0.3 is 0 Å². The van der Waals surface area contributed by atoms with Crippen molar-refractivity contribution in [2.24, 2.45) is 10.5 Å². The highest BCUT2D eigenvalue weighted by Crippen LogP contribution is 2.40. The minimum absolute atomic E-state index is 0.189. The van der Waals surface area contributed by atoms with Gasteiger partial charge in [0.25, 0.3) is 10.0 Å².